The van der Waals surface area contributed by atoms with Crippen molar-refractivity contribution in [2.24, 2.45) is 0 Å². The number of hydrogen-bond acceptors (Lipinski definition) is 4. The molecular weight excluding hydrogens is 556 g/mol. The molecule has 0 aromatic heterocycles. The Morgan fingerprint density at radius 3 is 1.33 bits per heavy atom. The normalized spacial score (nSPS) is 14.9. The summed E-state index contributed by atoms with van der Waals surface area (Å²) in [6, 6.07) is 0. The van der Waals surface area contributed by atoms with Gasteiger partial charge in [0, 0.05) is 26.9 Å². The van der Waals surface area contributed by atoms with E-state index in [-0.39, 0.29) is 0 Å². The Morgan fingerprint density at radius 2 is 0.933 bits per heavy atom. The van der Waals surface area contributed by atoms with Crippen LogP contribution < -0.4 is 0 Å². The molecule has 0 unspecified atom stereocenters. The zero-order valence-electron chi connectivity index (χ0n) is 30.4. The summed E-state index contributed by atoms with van der Waals surface area (Å²) in [5, 5.41) is 15.7. The SMILES string of the molecule is CCCCC/C=C\C/C=C\CCCCCCCCO.CCCCC/C=C\C/C=C\CCCCCCCCO[C@@H]1CCOC1.CO. The molecule has 1 rings (SSSR count). The topological polar surface area (TPSA) is 58.9 Å². The molecule has 1 fully saturated rings. The van der Waals surface area contributed by atoms with Crippen molar-refractivity contribution in [1.29, 1.82) is 0 Å². The quantitative estimate of drug-likeness (QED) is 0.0609. The van der Waals surface area contributed by atoms with Crippen LogP contribution in [0.4, 0.5) is 0 Å². The van der Waals surface area contributed by atoms with E-state index < -0.39 is 0 Å². The van der Waals surface area contributed by atoms with E-state index in [1.165, 1.54) is 135 Å². The van der Waals surface area contributed by atoms with Gasteiger partial charge in [0.1, 0.15) is 0 Å². The van der Waals surface area contributed by atoms with Gasteiger partial charge in [-0.15, -0.1) is 0 Å². The summed E-state index contributed by atoms with van der Waals surface area (Å²) in [5.41, 5.74) is 0. The van der Waals surface area contributed by atoms with E-state index in [1.807, 2.05) is 0 Å². The Kier molecular flexibility index (Phi) is 45.8. The molecule has 1 aliphatic rings. The maximum atomic E-state index is 8.66. The molecule has 4 heteroatoms. The molecule has 2 N–H and O–H groups in total. The Bertz CT molecular complexity index is 619. The zero-order valence-corrected chi connectivity index (χ0v) is 30.4. The largest absolute Gasteiger partial charge is 0.400 e. The summed E-state index contributed by atoms with van der Waals surface area (Å²) in [5.74, 6) is 0. The average Bonchev–Trinajstić information content (AvgIpc) is 3.59. The lowest BCUT2D eigenvalue weighted by atomic mass is 10.1. The second-order valence-corrected chi connectivity index (χ2v) is 12.2. The van der Waals surface area contributed by atoms with Crippen LogP contribution in [0.3, 0.4) is 0 Å². The molecule has 266 valence electrons. The summed E-state index contributed by atoms with van der Waals surface area (Å²) < 4.78 is 11.1. The van der Waals surface area contributed by atoms with Gasteiger partial charge in [0.05, 0.1) is 12.7 Å². The fraction of sp³-hybridized carbons (Fsp3) is 0.805. The number of rotatable bonds is 30. The first-order valence-corrected chi connectivity index (χ1v) is 19.2. The van der Waals surface area contributed by atoms with E-state index in [1.54, 1.807) is 0 Å². The highest BCUT2D eigenvalue weighted by atomic mass is 16.5. The van der Waals surface area contributed by atoms with Crippen LogP contribution in [0.2, 0.25) is 0 Å². The van der Waals surface area contributed by atoms with E-state index in [2.05, 4.69) is 62.5 Å². The Balaban J connectivity index is 0. The van der Waals surface area contributed by atoms with Crippen LogP contribution in [0.15, 0.2) is 48.6 Å². The Labute approximate surface area is 281 Å². The highest BCUT2D eigenvalue weighted by molar-refractivity contribution is 4.93. The van der Waals surface area contributed by atoms with Crippen LogP contribution in [0.5, 0.6) is 0 Å². The van der Waals surface area contributed by atoms with Crippen molar-refractivity contribution in [1.82, 2.24) is 0 Å². The van der Waals surface area contributed by atoms with Gasteiger partial charge in [-0.05, 0) is 83.5 Å². The molecule has 4 nitrogen and oxygen atoms in total. The van der Waals surface area contributed by atoms with Crippen LogP contribution in [-0.2, 0) is 9.47 Å². The number of aliphatic hydroxyl groups is 2. The van der Waals surface area contributed by atoms with E-state index in [4.69, 9.17) is 19.7 Å². The van der Waals surface area contributed by atoms with Crippen molar-refractivity contribution >= 4 is 0 Å². The Hall–Kier alpha value is -1.20. The zero-order chi connectivity index (χ0) is 33.2. The standard InChI is InChI=1S/C22H40O2.C18H34O.CH4O/c1-2-3-4-5-6-7-8-9-10-11-12-13-14-15-16-17-19-24-22-18-20-23-21-22;1-2-3-4-5-6-7-8-9-10-11-12-13-14-15-16-17-18-19;1-2/h6-7,9-10,22H,2-5,8,11-21H2,1H3;6-7,9-10,19H,2-5,8,11-18H2,1H3;2H,1H3/b2*7-6-,10-9-;/t22-;;/m1../s1. The maximum Gasteiger partial charge on any atom is 0.0830 e. The minimum atomic E-state index is 0.356. The van der Waals surface area contributed by atoms with Crippen LogP contribution >= 0.6 is 0 Å². The van der Waals surface area contributed by atoms with Crippen LogP contribution in [0, 0.1) is 0 Å². The predicted octanol–water partition coefficient (Wildman–Crippen LogP) is 12.0. The van der Waals surface area contributed by atoms with E-state index in [9.17, 15) is 0 Å². The highest BCUT2D eigenvalue weighted by Crippen LogP contribution is 2.12. The Morgan fingerprint density at radius 1 is 0.533 bits per heavy atom. The molecular formula is C41H78O4. The third-order valence-corrected chi connectivity index (χ3v) is 7.95. The van der Waals surface area contributed by atoms with Crippen molar-refractivity contribution in [3.8, 4) is 0 Å². The van der Waals surface area contributed by atoms with Crippen LogP contribution in [0.1, 0.15) is 174 Å². The van der Waals surface area contributed by atoms with Gasteiger partial charge in [-0.1, -0.05) is 140 Å². The molecule has 0 spiro atoms. The third-order valence-electron chi connectivity index (χ3n) is 7.95. The van der Waals surface area contributed by atoms with Gasteiger partial charge < -0.3 is 19.7 Å². The van der Waals surface area contributed by atoms with Crippen molar-refractivity contribution in [2.45, 2.75) is 180 Å². The predicted molar refractivity (Wildman–Crippen MR) is 199 cm³/mol. The van der Waals surface area contributed by atoms with Gasteiger partial charge in [0.25, 0.3) is 0 Å². The molecule has 1 heterocycles. The van der Waals surface area contributed by atoms with E-state index in [0.29, 0.717) is 12.7 Å². The number of allylic oxidation sites excluding steroid dienone is 8. The third kappa shape index (κ3) is 42.8. The number of hydrogen-bond donors (Lipinski definition) is 2. The molecule has 1 saturated heterocycles. The first-order chi connectivity index (χ1) is 22.3. The van der Waals surface area contributed by atoms with Crippen LogP contribution in [-0.4, -0.2) is 49.9 Å². The highest BCUT2D eigenvalue weighted by Gasteiger charge is 2.15. The molecule has 1 aliphatic heterocycles. The molecule has 0 saturated carbocycles. The van der Waals surface area contributed by atoms with Crippen molar-refractivity contribution in [2.75, 3.05) is 33.5 Å². The van der Waals surface area contributed by atoms with Crippen molar-refractivity contribution in [3.63, 3.8) is 0 Å². The molecule has 0 bridgehead atoms. The smallest absolute Gasteiger partial charge is 0.0830 e. The molecule has 45 heavy (non-hydrogen) atoms. The van der Waals surface area contributed by atoms with Crippen molar-refractivity contribution in [3.05, 3.63) is 48.6 Å². The molecule has 0 amide bonds. The monoisotopic (exact) mass is 635 g/mol. The molecule has 0 aromatic rings. The first kappa shape index (κ1) is 45.9. The van der Waals surface area contributed by atoms with Gasteiger partial charge in [-0.2, -0.15) is 0 Å². The summed E-state index contributed by atoms with van der Waals surface area (Å²) in [6.07, 6.45) is 50.6. The summed E-state index contributed by atoms with van der Waals surface area (Å²) in [6.45, 7) is 7.47. The molecule has 0 radical (unpaired) electrons. The summed E-state index contributed by atoms with van der Waals surface area (Å²) >= 11 is 0. The minimum Gasteiger partial charge on any atom is -0.400 e. The van der Waals surface area contributed by atoms with E-state index >= 15 is 0 Å². The van der Waals surface area contributed by atoms with Crippen molar-refractivity contribution < 1.29 is 19.7 Å². The van der Waals surface area contributed by atoms with Gasteiger partial charge in [-0.3, -0.25) is 0 Å². The van der Waals surface area contributed by atoms with Gasteiger partial charge in [0.15, 0.2) is 0 Å². The molecule has 1 atom stereocenters. The van der Waals surface area contributed by atoms with Gasteiger partial charge in [-0.25, -0.2) is 0 Å². The second-order valence-electron chi connectivity index (χ2n) is 12.2. The number of aliphatic hydroxyl groups excluding tert-OH is 2. The van der Waals surface area contributed by atoms with Crippen LogP contribution in [0.25, 0.3) is 0 Å². The number of unbranched alkanes of at least 4 members (excludes halogenated alkanes) is 18. The van der Waals surface area contributed by atoms with Gasteiger partial charge >= 0.3 is 0 Å². The summed E-state index contributed by atoms with van der Waals surface area (Å²) in [7, 11) is 1.00. The fourth-order valence-corrected chi connectivity index (χ4v) is 5.08. The molecule has 0 aliphatic carbocycles. The lowest BCUT2D eigenvalue weighted by molar-refractivity contribution is 0.0405. The number of ether oxygens (including phenoxy) is 2. The molecule has 0 aromatic carbocycles. The minimum absolute atomic E-state index is 0.356. The summed E-state index contributed by atoms with van der Waals surface area (Å²) in [4.78, 5) is 0. The second kappa shape index (κ2) is 44.9. The first-order valence-electron chi connectivity index (χ1n) is 19.2. The fourth-order valence-electron chi connectivity index (χ4n) is 5.08. The lowest BCUT2D eigenvalue weighted by Gasteiger charge is -2.09. The van der Waals surface area contributed by atoms with Gasteiger partial charge in [0.2, 0.25) is 0 Å². The average molecular weight is 635 g/mol. The lowest BCUT2D eigenvalue weighted by Crippen LogP contribution is -2.12. The maximum absolute atomic E-state index is 8.66. The van der Waals surface area contributed by atoms with E-state index in [0.717, 1.165) is 52.6 Å².